The number of ether oxygens (including phenoxy) is 2. The average molecular weight is 298 g/mol. The number of carbonyl (C=O) groups is 1. The Morgan fingerprint density at radius 3 is 2.73 bits per heavy atom. The molecule has 0 atom stereocenters. The molecule has 3 rings (SSSR count). The van der Waals surface area contributed by atoms with Crippen LogP contribution in [0.15, 0.2) is 30.3 Å². The minimum absolute atomic E-state index is 0.318. The molecule has 0 spiro atoms. The van der Waals surface area contributed by atoms with Gasteiger partial charge in [0.15, 0.2) is 0 Å². The first kappa shape index (κ1) is 14.4. The molecular weight excluding hydrogens is 280 g/mol. The Hall–Kier alpha value is -2.49. The van der Waals surface area contributed by atoms with Crippen LogP contribution in [0.1, 0.15) is 40.9 Å². The number of carboxylic acid groups (broad SMARTS) is 1. The van der Waals surface area contributed by atoms with Gasteiger partial charge in [0, 0.05) is 23.6 Å². The Balaban J connectivity index is 2.21. The van der Waals surface area contributed by atoms with Crippen LogP contribution in [-0.2, 0) is 12.8 Å². The molecule has 4 nitrogen and oxygen atoms in total. The maximum atomic E-state index is 11.8. The first-order chi connectivity index (χ1) is 10.7. The Bertz CT molecular complexity index is 734. The van der Waals surface area contributed by atoms with E-state index in [2.05, 4.69) is 0 Å². The van der Waals surface area contributed by atoms with Crippen molar-refractivity contribution in [1.82, 2.24) is 0 Å². The van der Waals surface area contributed by atoms with Crippen LogP contribution in [0.2, 0.25) is 0 Å². The van der Waals surface area contributed by atoms with Gasteiger partial charge >= 0.3 is 5.97 Å². The van der Waals surface area contributed by atoms with Crippen LogP contribution in [0.4, 0.5) is 0 Å². The predicted molar refractivity (Wildman–Crippen MR) is 83.3 cm³/mol. The van der Waals surface area contributed by atoms with Crippen LogP contribution < -0.4 is 9.47 Å². The Kier molecular flexibility index (Phi) is 3.75. The lowest BCUT2D eigenvalue weighted by Crippen LogP contribution is -2.14. The summed E-state index contributed by atoms with van der Waals surface area (Å²) < 4.78 is 11.5. The number of rotatable bonds is 4. The molecule has 0 fully saturated rings. The third-order valence-electron chi connectivity index (χ3n) is 3.89. The number of aromatic carboxylic acids is 1. The predicted octanol–water partition coefficient (Wildman–Crippen LogP) is 4.04. The SMILES string of the molecule is CCOc1cc2c(c(C(=O)O)c1CC)Cc1ccccc1O2. The van der Waals surface area contributed by atoms with Gasteiger partial charge in [0.1, 0.15) is 17.2 Å². The van der Waals surface area contributed by atoms with Gasteiger partial charge in [0.25, 0.3) is 0 Å². The number of benzene rings is 2. The fourth-order valence-corrected chi connectivity index (χ4v) is 2.94. The Labute approximate surface area is 129 Å². The highest BCUT2D eigenvalue weighted by molar-refractivity contribution is 5.93. The van der Waals surface area contributed by atoms with Crippen LogP contribution in [0.3, 0.4) is 0 Å². The molecule has 1 aliphatic heterocycles. The molecule has 0 aliphatic carbocycles. The van der Waals surface area contributed by atoms with E-state index in [0.29, 0.717) is 36.5 Å². The van der Waals surface area contributed by atoms with E-state index in [1.54, 1.807) is 0 Å². The molecule has 0 bridgehead atoms. The van der Waals surface area contributed by atoms with Gasteiger partial charge < -0.3 is 14.6 Å². The second kappa shape index (κ2) is 5.72. The number of fused-ring (bicyclic) bond motifs is 2. The van der Waals surface area contributed by atoms with E-state index in [4.69, 9.17) is 9.47 Å². The van der Waals surface area contributed by atoms with Gasteiger partial charge in [0.2, 0.25) is 0 Å². The summed E-state index contributed by atoms with van der Waals surface area (Å²) in [6.07, 6.45) is 1.17. The molecule has 1 N–H and O–H groups in total. The highest BCUT2D eigenvalue weighted by Gasteiger charge is 2.27. The summed E-state index contributed by atoms with van der Waals surface area (Å²) in [5.41, 5.74) is 2.78. The summed E-state index contributed by atoms with van der Waals surface area (Å²) in [4.78, 5) is 11.8. The van der Waals surface area contributed by atoms with Crippen molar-refractivity contribution < 1.29 is 19.4 Å². The largest absolute Gasteiger partial charge is 0.493 e. The van der Waals surface area contributed by atoms with E-state index in [1.807, 2.05) is 44.2 Å². The van der Waals surface area contributed by atoms with Gasteiger partial charge in [0.05, 0.1) is 12.2 Å². The molecular formula is C18H18O4. The normalized spacial score (nSPS) is 12.1. The molecule has 2 aromatic carbocycles. The molecule has 0 amide bonds. The Morgan fingerprint density at radius 2 is 2.05 bits per heavy atom. The third-order valence-corrected chi connectivity index (χ3v) is 3.89. The highest BCUT2D eigenvalue weighted by Crippen LogP contribution is 2.42. The summed E-state index contributed by atoms with van der Waals surface area (Å²) >= 11 is 0. The number of hydrogen-bond acceptors (Lipinski definition) is 3. The van der Waals surface area contributed by atoms with Gasteiger partial charge in [-0.15, -0.1) is 0 Å². The molecule has 114 valence electrons. The molecule has 0 saturated carbocycles. The van der Waals surface area contributed by atoms with Crippen molar-refractivity contribution in [3.05, 3.63) is 52.6 Å². The number of para-hydroxylation sites is 1. The van der Waals surface area contributed by atoms with Gasteiger partial charge in [-0.25, -0.2) is 4.79 Å². The minimum atomic E-state index is -0.933. The zero-order chi connectivity index (χ0) is 15.7. The third kappa shape index (κ3) is 2.30. The molecule has 4 heteroatoms. The van der Waals surface area contributed by atoms with Gasteiger partial charge in [-0.2, -0.15) is 0 Å². The molecule has 0 radical (unpaired) electrons. The van der Waals surface area contributed by atoms with Crippen molar-refractivity contribution in [3.8, 4) is 17.2 Å². The van der Waals surface area contributed by atoms with Crippen LogP contribution in [-0.4, -0.2) is 17.7 Å². The second-order valence-electron chi connectivity index (χ2n) is 5.18. The summed E-state index contributed by atoms with van der Waals surface area (Å²) in [6.45, 7) is 4.31. The lowest BCUT2D eigenvalue weighted by Gasteiger charge is -2.24. The van der Waals surface area contributed by atoms with Crippen molar-refractivity contribution in [2.45, 2.75) is 26.7 Å². The van der Waals surface area contributed by atoms with Crippen molar-refractivity contribution in [1.29, 1.82) is 0 Å². The number of hydrogen-bond donors (Lipinski definition) is 1. The zero-order valence-electron chi connectivity index (χ0n) is 12.7. The summed E-state index contributed by atoms with van der Waals surface area (Å²) in [5, 5.41) is 9.68. The van der Waals surface area contributed by atoms with Gasteiger partial charge in [-0.05, 0) is 25.0 Å². The van der Waals surface area contributed by atoms with E-state index in [0.717, 1.165) is 22.4 Å². The van der Waals surface area contributed by atoms with Crippen molar-refractivity contribution >= 4 is 5.97 Å². The molecule has 1 heterocycles. The first-order valence-corrected chi connectivity index (χ1v) is 7.46. The molecule has 22 heavy (non-hydrogen) atoms. The summed E-state index contributed by atoms with van der Waals surface area (Å²) in [7, 11) is 0. The maximum Gasteiger partial charge on any atom is 0.336 e. The summed E-state index contributed by atoms with van der Waals surface area (Å²) in [5.74, 6) is 1.02. The minimum Gasteiger partial charge on any atom is -0.493 e. The second-order valence-corrected chi connectivity index (χ2v) is 5.18. The summed E-state index contributed by atoms with van der Waals surface area (Å²) in [6, 6.07) is 9.52. The fraction of sp³-hybridized carbons (Fsp3) is 0.278. The molecule has 2 aromatic rings. The first-order valence-electron chi connectivity index (χ1n) is 7.46. The Morgan fingerprint density at radius 1 is 1.27 bits per heavy atom. The van der Waals surface area contributed by atoms with Gasteiger partial charge in [-0.3, -0.25) is 0 Å². The van der Waals surface area contributed by atoms with Crippen LogP contribution in [0, 0.1) is 0 Å². The van der Waals surface area contributed by atoms with Crippen molar-refractivity contribution in [2.75, 3.05) is 6.61 Å². The molecule has 0 aromatic heterocycles. The van der Waals surface area contributed by atoms with Crippen LogP contribution in [0.25, 0.3) is 0 Å². The topological polar surface area (TPSA) is 55.8 Å². The maximum absolute atomic E-state index is 11.8. The van der Waals surface area contributed by atoms with E-state index in [1.165, 1.54) is 0 Å². The standard InChI is InChI=1S/C18H18O4/c1-3-12-15(21-4-2)10-16-13(17(12)18(19)20)9-11-7-5-6-8-14(11)22-16/h5-8,10H,3-4,9H2,1-2H3,(H,19,20). The van der Waals surface area contributed by atoms with E-state index in [-0.39, 0.29) is 0 Å². The molecule has 0 saturated heterocycles. The monoisotopic (exact) mass is 298 g/mol. The van der Waals surface area contributed by atoms with Gasteiger partial charge in [-0.1, -0.05) is 25.1 Å². The van der Waals surface area contributed by atoms with Crippen LogP contribution in [0.5, 0.6) is 17.2 Å². The van der Waals surface area contributed by atoms with Crippen molar-refractivity contribution in [3.63, 3.8) is 0 Å². The van der Waals surface area contributed by atoms with E-state index < -0.39 is 5.97 Å². The lowest BCUT2D eigenvalue weighted by molar-refractivity contribution is 0.0693. The number of carboxylic acids is 1. The van der Waals surface area contributed by atoms with E-state index in [9.17, 15) is 9.90 Å². The molecule has 1 aliphatic rings. The van der Waals surface area contributed by atoms with E-state index >= 15 is 0 Å². The zero-order valence-corrected chi connectivity index (χ0v) is 12.7. The lowest BCUT2D eigenvalue weighted by atomic mass is 9.91. The fourth-order valence-electron chi connectivity index (χ4n) is 2.94. The van der Waals surface area contributed by atoms with Crippen LogP contribution >= 0.6 is 0 Å². The van der Waals surface area contributed by atoms with Crippen molar-refractivity contribution in [2.24, 2.45) is 0 Å². The quantitative estimate of drug-likeness (QED) is 0.789. The average Bonchev–Trinajstić information content (AvgIpc) is 2.51. The molecule has 0 unspecified atom stereocenters. The highest BCUT2D eigenvalue weighted by atomic mass is 16.5. The smallest absolute Gasteiger partial charge is 0.336 e.